The fourth-order valence-corrected chi connectivity index (χ4v) is 4.97. The van der Waals surface area contributed by atoms with Gasteiger partial charge in [0, 0.05) is 0 Å². The van der Waals surface area contributed by atoms with Crippen molar-refractivity contribution in [1.82, 2.24) is 0 Å². The van der Waals surface area contributed by atoms with Gasteiger partial charge in [-0.3, -0.25) is 0 Å². The molecule has 0 spiro atoms. The van der Waals surface area contributed by atoms with Gasteiger partial charge in [0.2, 0.25) is 0 Å². The van der Waals surface area contributed by atoms with Gasteiger partial charge in [0.15, 0.2) is 0 Å². The van der Waals surface area contributed by atoms with Gasteiger partial charge in [-0.05, 0) is 60.7 Å². The molecule has 0 saturated heterocycles. The molecule has 0 aliphatic heterocycles. The van der Waals surface area contributed by atoms with E-state index in [2.05, 4.69) is 20.8 Å². The first kappa shape index (κ1) is 8.32. The largest absolute Gasteiger partial charge is 0.0620 e. The van der Waals surface area contributed by atoms with E-state index in [0.717, 1.165) is 41.4 Å². The molecule has 74 valence electrons. The zero-order valence-electron chi connectivity index (χ0n) is 9.16. The molecule has 13 heavy (non-hydrogen) atoms. The molecule has 4 rings (SSSR count). The average Bonchev–Trinajstić information content (AvgIpc) is 2.10. The van der Waals surface area contributed by atoms with Crippen LogP contribution in [-0.2, 0) is 0 Å². The molecule has 0 aromatic rings. The van der Waals surface area contributed by atoms with Crippen molar-refractivity contribution < 1.29 is 0 Å². The fourth-order valence-electron chi connectivity index (χ4n) is 4.97. The lowest BCUT2D eigenvalue weighted by Gasteiger charge is -2.60. The van der Waals surface area contributed by atoms with Crippen molar-refractivity contribution in [2.24, 2.45) is 41.4 Å². The van der Waals surface area contributed by atoms with Crippen LogP contribution >= 0.6 is 0 Å². The zero-order chi connectivity index (χ0) is 9.16. The molecule has 0 amide bonds. The highest BCUT2D eigenvalue weighted by molar-refractivity contribution is 5.02. The Morgan fingerprint density at radius 1 is 0.615 bits per heavy atom. The van der Waals surface area contributed by atoms with E-state index in [-0.39, 0.29) is 0 Å². The lowest BCUT2D eigenvalue weighted by molar-refractivity contribution is -0.107. The molecule has 0 aromatic carbocycles. The Labute approximate surface area is 82.1 Å². The van der Waals surface area contributed by atoms with Gasteiger partial charge in [-0.2, -0.15) is 0 Å². The van der Waals surface area contributed by atoms with Crippen molar-refractivity contribution in [3.05, 3.63) is 0 Å². The second kappa shape index (κ2) is 2.52. The Kier molecular flexibility index (Phi) is 1.61. The predicted octanol–water partition coefficient (Wildman–Crippen LogP) is 3.57. The first-order valence-corrected chi connectivity index (χ1v) is 6.18. The molecule has 6 atom stereocenters. The molecule has 6 unspecified atom stereocenters. The third-order valence-corrected chi connectivity index (χ3v) is 5.94. The molecule has 4 aliphatic rings. The lowest BCUT2D eigenvalue weighted by Crippen LogP contribution is -2.52. The van der Waals surface area contributed by atoms with Crippen LogP contribution in [-0.4, -0.2) is 0 Å². The average molecular weight is 178 g/mol. The molecule has 4 aliphatic carbocycles. The second-order valence-electron chi connectivity index (χ2n) is 6.13. The summed E-state index contributed by atoms with van der Waals surface area (Å²) in [5, 5.41) is 0. The highest BCUT2D eigenvalue weighted by Crippen LogP contribution is 2.60. The van der Waals surface area contributed by atoms with E-state index in [0.29, 0.717) is 0 Å². The zero-order valence-corrected chi connectivity index (χ0v) is 9.16. The minimum atomic E-state index is 1.04. The lowest BCUT2D eigenvalue weighted by atomic mass is 9.45. The van der Waals surface area contributed by atoms with Gasteiger partial charge in [0.1, 0.15) is 0 Å². The Morgan fingerprint density at radius 2 is 1.08 bits per heavy atom. The van der Waals surface area contributed by atoms with E-state index in [4.69, 9.17) is 0 Å². The topological polar surface area (TPSA) is 0 Å². The molecule has 4 saturated carbocycles. The number of rotatable bonds is 0. The van der Waals surface area contributed by atoms with Crippen molar-refractivity contribution >= 4 is 0 Å². The summed E-state index contributed by atoms with van der Waals surface area (Å²) in [6.07, 6.45) is 4.70. The van der Waals surface area contributed by atoms with E-state index < -0.39 is 0 Å². The van der Waals surface area contributed by atoms with Crippen LogP contribution in [0, 0.1) is 41.4 Å². The molecular weight excluding hydrogens is 156 g/mol. The van der Waals surface area contributed by atoms with Crippen LogP contribution < -0.4 is 0 Å². The molecule has 0 heteroatoms. The maximum absolute atomic E-state index is 2.53. The highest BCUT2D eigenvalue weighted by Gasteiger charge is 2.53. The van der Waals surface area contributed by atoms with Crippen molar-refractivity contribution in [1.29, 1.82) is 0 Å². The Balaban J connectivity index is 1.95. The smallest absolute Gasteiger partial charge is 0.0355 e. The Hall–Kier alpha value is 0. The quantitative estimate of drug-likeness (QED) is 0.532. The number of hydrogen-bond acceptors (Lipinski definition) is 0. The fraction of sp³-hybridized carbons (Fsp3) is 1.00. The van der Waals surface area contributed by atoms with Crippen LogP contribution in [0.4, 0.5) is 0 Å². The summed E-state index contributed by atoms with van der Waals surface area (Å²) in [6, 6.07) is 0. The molecule has 0 heterocycles. The molecule has 4 bridgehead atoms. The maximum atomic E-state index is 2.53. The Morgan fingerprint density at radius 3 is 1.54 bits per heavy atom. The third kappa shape index (κ3) is 0.926. The van der Waals surface area contributed by atoms with E-state index in [1.807, 2.05) is 0 Å². The molecule has 0 aromatic heterocycles. The van der Waals surface area contributed by atoms with Crippen LogP contribution in [0.2, 0.25) is 0 Å². The standard InChI is InChI=1S/C13H22/c1-7-10-4-11-6-12(7)9(3)13(5-10)8(11)2/h7-13H,4-6H2,1-3H3. The van der Waals surface area contributed by atoms with Gasteiger partial charge >= 0.3 is 0 Å². The summed E-state index contributed by atoms with van der Waals surface area (Å²) in [7, 11) is 0. The van der Waals surface area contributed by atoms with E-state index in [1.165, 1.54) is 0 Å². The summed E-state index contributed by atoms with van der Waals surface area (Å²) < 4.78 is 0. The highest BCUT2D eigenvalue weighted by atomic mass is 14.6. The maximum Gasteiger partial charge on any atom is -0.0355 e. The monoisotopic (exact) mass is 178 g/mol. The second-order valence-corrected chi connectivity index (χ2v) is 6.13. The molecule has 0 radical (unpaired) electrons. The molecule has 0 N–H and O–H groups in total. The summed E-state index contributed by atoms with van der Waals surface area (Å²) in [5.74, 6) is 7.56. The number of hydrogen-bond donors (Lipinski definition) is 0. The summed E-state index contributed by atoms with van der Waals surface area (Å²) >= 11 is 0. The van der Waals surface area contributed by atoms with Gasteiger partial charge in [-0.25, -0.2) is 0 Å². The van der Waals surface area contributed by atoms with Gasteiger partial charge < -0.3 is 0 Å². The molecule has 0 nitrogen and oxygen atoms in total. The van der Waals surface area contributed by atoms with Gasteiger partial charge in [0.25, 0.3) is 0 Å². The van der Waals surface area contributed by atoms with E-state index in [1.54, 1.807) is 19.3 Å². The molecule has 4 fully saturated rings. The van der Waals surface area contributed by atoms with E-state index in [9.17, 15) is 0 Å². The van der Waals surface area contributed by atoms with Crippen molar-refractivity contribution in [2.45, 2.75) is 40.0 Å². The minimum Gasteiger partial charge on any atom is -0.0620 e. The first-order valence-electron chi connectivity index (χ1n) is 6.18. The third-order valence-electron chi connectivity index (χ3n) is 5.94. The Bertz CT molecular complexity index is 198. The van der Waals surface area contributed by atoms with Crippen LogP contribution in [0.25, 0.3) is 0 Å². The SMILES string of the molecule is CC1C2CC3CC1C(C)C(C2)C3C. The van der Waals surface area contributed by atoms with Crippen molar-refractivity contribution in [3.8, 4) is 0 Å². The van der Waals surface area contributed by atoms with Crippen molar-refractivity contribution in [3.63, 3.8) is 0 Å². The van der Waals surface area contributed by atoms with Gasteiger partial charge in [-0.15, -0.1) is 0 Å². The predicted molar refractivity (Wildman–Crippen MR) is 55.3 cm³/mol. The van der Waals surface area contributed by atoms with E-state index >= 15 is 0 Å². The normalized spacial score (nSPS) is 64.4. The first-order chi connectivity index (χ1) is 6.18. The van der Waals surface area contributed by atoms with Crippen molar-refractivity contribution in [2.75, 3.05) is 0 Å². The summed E-state index contributed by atoms with van der Waals surface area (Å²) in [4.78, 5) is 0. The summed E-state index contributed by atoms with van der Waals surface area (Å²) in [5.41, 5.74) is 0. The minimum absolute atomic E-state index is 1.04. The van der Waals surface area contributed by atoms with Crippen LogP contribution in [0.5, 0.6) is 0 Å². The molecular formula is C13H22. The van der Waals surface area contributed by atoms with Crippen LogP contribution in [0.1, 0.15) is 40.0 Å². The van der Waals surface area contributed by atoms with Gasteiger partial charge in [-0.1, -0.05) is 20.8 Å². The van der Waals surface area contributed by atoms with Gasteiger partial charge in [0.05, 0.1) is 0 Å². The van der Waals surface area contributed by atoms with Crippen LogP contribution in [0.3, 0.4) is 0 Å². The van der Waals surface area contributed by atoms with Crippen LogP contribution in [0.15, 0.2) is 0 Å². The summed E-state index contributed by atoms with van der Waals surface area (Å²) in [6.45, 7) is 7.57.